The first-order valence-corrected chi connectivity index (χ1v) is 6.80. The van der Waals surface area contributed by atoms with Crippen LogP contribution < -0.4 is 0 Å². The molecule has 0 aliphatic heterocycles. The van der Waals surface area contributed by atoms with Crippen LogP contribution in [0.25, 0.3) is 22.3 Å². The molecule has 20 heavy (non-hydrogen) atoms. The summed E-state index contributed by atoms with van der Waals surface area (Å²) < 4.78 is 27.4. The van der Waals surface area contributed by atoms with E-state index < -0.39 is 5.82 Å². The predicted molar refractivity (Wildman–Crippen MR) is 77.6 cm³/mol. The predicted octanol–water partition coefficient (Wildman–Crippen LogP) is 4.99. The van der Waals surface area contributed by atoms with E-state index in [2.05, 4.69) is 25.9 Å². The average molecular weight is 356 g/mol. The zero-order valence-corrected chi connectivity index (χ0v) is 12.2. The molecule has 0 spiro atoms. The first-order chi connectivity index (χ1) is 9.56. The number of rotatable bonds is 1. The van der Waals surface area contributed by atoms with Gasteiger partial charge in [0.05, 0.1) is 5.39 Å². The van der Waals surface area contributed by atoms with E-state index in [4.69, 9.17) is 11.6 Å². The molecule has 0 amide bonds. The van der Waals surface area contributed by atoms with Crippen molar-refractivity contribution in [3.05, 3.63) is 57.7 Å². The molecule has 100 valence electrons. The number of halogens is 4. The van der Waals surface area contributed by atoms with Crippen LogP contribution in [0.3, 0.4) is 0 Å². The molecule has 0 atom stereocenters. The Morgan fingerprint density at radius 2 is 1.65 bits per heavy atom. The van der Waals surface area contributed by atoms with Gasteiger partial charge < -0.3 is 0 Å². The number of nitrogens with zero attached hydrogens (tertiary/aromatic N) is 2. The van der Waals surface area contributed by atoms with Gasteiger partial charge in [-0.3, -0.25) is 0 Å². The molecule has 0 unspecified atom stereocenters. The molecule has 6 heteroatoms. The molecule has 0 aliphatic carbocycles. The number of fused-ring (bicyclic) bond motifs is 1. The summed E-state index contributed by atoms with van der Waals surface area (Å²) in [4.78, 5) is 8.31. The summed E-state index contributed by atoms with van der Waals surface area (Å²) in [5.41, 5.74) is 0.688. The number of benzene rings is 2. The lowest BCUT2D eigenvalue weighted by Gasteiger charge is -2.07. The van der Waals surface area contributed by atoms with Crippen molar-refractivity contribution >= 4 is 38.4 Å². The summed E-state index contributed by atoms with van der Waals surface area (Å²) in [7, 11) is 0. The lowest BCUT2D eigenvalue weighted by molar-refractivity contribution is 0.628. The first kappa shape index (κ1) is 13.4. The fourth-order valence-electron chi connectivity index (χ4n) is 1.85. The maximum Gasteiger partial charge on any atom is 0.161 e. The van der Waals surface area contributed by atoms with E-state index in [1.54, 1.807) is 6.07 Å². The second kappa shape index (κ2) is 5.07. The number of hydrogen-bond donors (Lipinski definition) is 0. The van der Waals surface area contributed by atoms with Crippen molar-refractivity contribution in [2.45, 2.75) is 0 Å². The smallest absolute Gasteiger partial charge is 0.161 e. The minimum Gasteiger partial charge on any atom is -0.225 e. The van der Waals surface area contributed by atoms with Gasteiger partial charge in [-0.05, 0) is 52.3 Å². The molecule has 0 fully saturated rings. The summed E-state index contributed by atoms with van der Waals surface area (Å²) in [5.74, 6) is -0.607. The maximum atomic E-state index is 13.9. The van der Waals surface area contributed by atoms with E-state index in [1.807, 2.05) is 0 Å². The molecule has 0 saturated heterocycles. The summed E-state index contributed by atoms with van der Waals surface area (Å²) in [6.07, 6.45) is 0. The highest BCUT2D eigenvalue weighted by Crippen LogP contribution is 2.32. The molecule has 1 aromatic heterocycles. The molecular formula is C14H6BrClF2N2. The SMILES string of the molecule is Fc1ccc(-c2nc(Cl)c3c(Br)ccc(F)c3n2)cc1. The van der Waals surface area contributed by atoms with E-state index in [0.717, 1.165) is 0 Å². The molecule has 0 N–H and O–H groups in total. The van der Waals surface area contributed by atoms with Crippen LogP contribution in [0.2, 0.25) is 5.15 Å². The van der Waals surface area contributed by atoms with Gasteiger partial charge in [-0.25, -0.2) is 18.7 Å². The minimum atomic E-state index is -0.490. The highest BCUT2D eigenvalue weighted by atomic mass is 79.9. The van der Waals surface area contributed by atoms with Gasteiger partial charge in [-0.15, -0.1) is 0 Å². The van der Waals surface area contributed by atoms with Gasteiger partial charge in [0.1, 0.15) is 22.3 Å². The number of hydrogen-bond acceptors (Lipinski definition) is 2. The average Bonchev–Trinajstić information content (AvgIpc) is 2.43. The van der Waals surface area contributed by atoms with E-state index in [0.29, 0.717) is 15.4 Å². The second-order valence-corrected chi connectivity index (χ2v) is 5.31. The fraction of sp³-hybridized carbons (Fsp3) is 0. The van der Waals surface area contributed by atoms with Crippen molar-refractivity contribution in [1.29, 1.82) is 0 Å². The Morgan fingerprint density at radius 1 is 0.950 bits per heavy atom. The third-order valence-corrected chi connectivity index (χ3v) is 3.74. The maximum absolute atomic E-state index is 13.9. The normalized spacial score (nSPS) is 11.0. The molecule has 0 aliphatic rings. The Balaban J connectivity index is 2.29. The van der Waals surface area contributed by atoms with Gasteiger partial charge in [0.15, 0.2) is 5.82 Å². The Labute approximate surface area is 126 Å². The van der Waals surface area contributed by atoms with Gasteiger partial charge in [-0.2, -0.15) is 0 Å². The lowest BCUT2D eigenvalue weighted by Crippen LogP contribution is -1.95. The molecular weight excluding hydrogens is 350 g/mol. The largest absolute Gasteiger partial charge is 0.225 e. The van der Waals surface area contributed by atoms with Crippen molar-refractivity contribution in [3.8, 4) is 11.4 Å². The molecule has 3 rings (SSSR count). The molecule has 2 nitrogen and oxygen atoms in total. The molecule has 0 radical (unpaired) electrons. The fourth-order valence-corrected chi connectivity index (χ4v) is 2.75. The van der Waals surface area contributed by atoms with Crippen LogP contribution in [-0.4, -0.2) is 9.97 Å². The van der Waals surface area contributed by atoms with Crippen molar-refractivity contribution < 1.29 is 8.78 Å². The van der Waals surface area contributed by atoms with Crippen LogP contribution in [0.1, 0.15) is 0 Å². The van der Waals surface area contributed by atoms with Crippen LogP contribution in [0.5, 0.6) is 0 Å². The molecule has 0 bridgehead atoms. The van der Waals surface area contributed by atoms with Crippen LogP contribution in [-0.2, 0) is 0 Å². The van der Waals surface area contributed by atoms with Crippen molar-refractivity contribution in [1.82, 2.24) is 9.97 Å². The molecule has 3 aromatic rings. The minimum absolute atomic E-state index is 0.124. The van der Waals surface area contributed by atoms with Crippen LogP contribution in [0.15, 0.2) is 40.9 Å². The van der Waals surface area contributed by atoms with Gasteiger partial charge in [0.2, 0.25) is 0 Å². The number of aromatic nitrogens is 2. The third kappa shape index (κ3) is 2.27. The zero-order valence-electron chi connectivity index (χ0n) is 9.87. The quantitative estimate of drug-likeness (QED) is 0.575. The summed E-state index contributed by atoms with van der Waals surface area (Å²) in [6.45, 7) is 0. The standard InChI is InChI=1S/C14H6BrClF2N2/c15-9-5-6-10(18)12-11(9)13(16)20-14(19-12)7-1-3-8(17)4-2-7/h1-6H. The van der Waals surface area contributed by atoms with Crippen molar-refractivity contribution in [2.24, 2.45) is 0 Å². The van der Waals surface area contributed by atoms with Gasteiger partial charge >= 0.3 is 0 Å². The van der Waals surface area contributed by atoms with Gasteiger partial charge in [-0.1, -0.05) is 11.6 Å². The Hall–Kier alpha value is -1.59. The van der Waals surface area contributed by atoms with Gasteiger partial charge in [0.25, 0.3) is 0 Å². The topological polar surface area (TPSA) is 25.8 Å². The van der Waals surface area contributed by atoms with E-state index in [-0.39, 0.29) is 22.3 Å². The molecule has 0 saturated carbocycles. The first-order valence-electron chi connectivity index (χ1n) is 5.63. The summed E-state index contributed by atoms with van der Waals surface area (Å²) in [6, 6.07) is 8.45. The van der Waals surface area contributed by atoms with Crippen LogP contribution in [0, 0.1) is 11.6 Å². The molecule has 2 aromatic carbocycles. The zero-order chi connectivity index (χ0) is 14.3. The van der Waals surface area contributed by atoms with E-state index in [1.165, 1.54) is 30.3 Å². The highest BCUT2D eigenvalue weighted by molar-refractivity contribution is 9.10. The highest BCUT2D eigenvalue weighted by Gasteiger charge is 2.14. The van der Waals surface area contributed by atoms with Gasteiger partial charge in [0, 0.05) is 10.0 Å². The van der Waals surface area contributed by atoms with Crippen LogP contribution >= 0.6 is 27.5 Å². The molecule has 1 heterocycles. The van der Waals surface area contributed by atoms with Crippen molar-refractivity contribution in [3.63, 3.8) is 0 Å². The Morgan fingerprint density at radius 3 is 2.35 bits per heavy atom. The monoisotopic (exact) mass is 354 g/mol. The van der Waals surface area contributed by atoms with E-state index >= 15 is 0 Å². The van der Waals surface area contributed by atoms with Crippen LogP contribution in [0.4, 0.5) is 8.78 Å². The second-order valence-electron chi connectivity index (χ2n) is 4.10. The lowest BCUT2D eigenvalue weighted by atomic mass is 10.2. The third-order valence-electron chi connectivity index (χ3n) is 2.81. The Kier molecular flexibility index (Phi) is 3.40. The summed E-state index contributed by atoms with van der Waals surface area (Å²) in [5, 5.41) is 0.554. The Bertz CT molecular complexity index is 806. The van der Waals surface area contributed by atoms with E-state index in [9.17, 15) is 8.78 Å². The van der Waals surface area contributed by atoms with Crippen molar-refractivity contribution in [2.75, 3.05) is 0 Å². The summed E-state index contributed by atoms with van der Waals surface area (Å²) >= 11 is 9.39.